The van der Waals surface area contributed by atoms with Gasteiger partial charge in [0.1, 0.15) is 5.76 Å². The second kappa shape index (κ2) is 7.99. The number of pyridine rings is 1. The summed E-state index contributed by atoms with van der Waals surface area (Å²) in [7, 11) is -3.31. The van der Waals surface area contributed by atoms with Crippen LogP contribution in [0, 0.1) is 0 Å². The molecule has 1 atom stereocenters. The molecule has 3 rings (SSSR count). The van der Waals surface area contributed by atoms with Crippen LogP contribution < -0.4 is 0 Å². The van der Waals surface area contributed by atoms with Crippen molar-refractivity contribution in [3.63, 3.8) is 0 Å². The van der Waals surface area contributed by atoms with Crippen LogP contribution >= 0.6 is 15.9 Å². The van der Waals surface area contributed by atoms with Gasteiger partial charge in [0.2, 0.25) is 10.0 Å². The fourth-order valence-corrected chi connectivity index (χ4v) is 4.69. The van der Waals surface area contributed by atoms with Crippen molar-refractivity contribution in [3.05, 3.63) is 52.7 Å². The fraction of sp³-hybridized carbons (Fsp3) is 0.471. The number of furan rings is 1. The van der Waals surface area contributed by atoms with Gasteiger partial charge in [-0.3, -0.25) is 9.88 Å². The maximum absolute atomic E-state index is 12.4. The van der Waals surface area contributed by atoms with Gasteiger partial charge in [0.15, 0.2) is 4.67 Å². The van der Waals surface area contributed by atoms with E-state index in [0.717, 1.165) is 30.7 Å². The van der Waals surface area contributed by atoms with E-state index in [1.807, 2.05) is 24.3 Å². The summed E-state index contributed by atoms with van der Waals surface area (Å²) < 4.78 is 32.6. The molecule has 3 heterocycles. The van der Waals surface area contributed by atoms with Crippen LogP contribution in [0.4, 0.5) is 0 Å². The van der Waals surface area contributed by atoms with Crippen LogP contribution in [0.2, 0.25) is 0 Å². The lowest BCUT2D eigenvalue weighted by Crippen LogP contribution is -2.49. The van der Waals surface area contributed by atoms with Gasteiger partial charge in [-0.1, -0.05) is 6.07 Å². The predicted octanol–water partition coefficient (Wildman–Crippen LogP) is 2.86. The van der Waals surface area contributed by atoms with Gasteiger partial charge in [0, 0.05) is 31.5 Å². The van der Waals surface area contributed by atoms with Crippen LogP contribution in [0.1, 0.15) is 24.2 Å². The Bertz CT molecular complexity index is 794. The van der Waals surface area contributed by atoms with Gasteiger partial charge in [0.05, 0.1) is 12.8 Å². The van der Waals surface area contributed by atoms with Crippen LogP contribution in [-0.2, 0) is 23.1 Å². The highest BCUT2D eigenvalue weighted by Crippen LogP contribution is 2.23. The van der Waals surface area contributed by atoms with Crippen molar-refractivity contribution in [2.24, 2.45) is 0 Å². The normalized spacial score (nSPS) is 19.4. The molecule has 0 radical (unpaired) electrons. The zero-order valence-corrected chi connectivity index (χ0v) is 16.5. The highest BCUT2D eigenvalue weighted by Gasteiger charge is 2.31. The van der Waals surface area contributed by atoms with Gasteiger partial charge in [-0.25, -0.2) is 8.42 Å². The third-order valence-corrected chi connectivity index (χ3v) is 6.09. The Balaban J connectivity index is 1.71. The van der Waals surface area contributed by atoms with E-state index in [0.29, 0.717) is 24.3 Å². The van der Waals surface area contributed by atoms with Crippen LogP contribution in [0.3, 0.4) is 0 Å². The van der Waals surface area contributed by atoms with Crippen molar-refractivity contribution in [1.82, 2.24) is 14.2 Å². The SMILES string of the molecule is CS(=O)(=O)N(Cc1cccnc1)C1CCCN(Cc2ccc(Br)o2)C1. The third kappa shape index (κ3) is 5.13. The van der Waals surface area contributed by atoms with E-state index in [2.05, 4.69) is 25.8 Å². The molecule has 2 aromatic rings. The molecular formula is C17H22BrN3O3S. The summed E-state index contributed by atoms with van der Waals surface area (Å²) >= 11 is 3.32. The molecule has 1 saturated heterocycles. The molecule has 2 aromatic heterocycles. The number of nitrogens with zero attached hydrogens (tertiary/aromatic N) is 3. The van der Waals surface area contributed by atoms with E-state index in [1.54, 1.807) is 16.7 Å². The van der Waals surface area contributed by atoms with Gasteiger partial charge >= 0.3 is 0 Å². The summed E-state index contributed by atoms with van der Waals surface area (Å²) in [5.41, 5.74) is 0.903. The number of halogens is 1. The lowest BCUT2D eigenvalue weighted by atomic mass is 10.1. The number of aromatic nitrogens is 1. The molecule has 0 aliphatic carbocycles. The minimum atomic E-state index is -3.31. The number of hydrogen-bond acceptors (Lipinski definition) is 5. The van der Waals surface area contributed by atoms with Gasteiger partial charge in [-0.05, 0) is 59.1 Å². The topological polar surface area (TPSA) is 66.7 Å². The van der Waals surface area contributed by atoms with Gasteiger partial charge in [0.25, 0.3) is 0 Å². The van der Waals surface area contributed by atoms with Gasteiger partial charge in [-0.2, -0.15) is 4.31 Å². The van der Waals surface area contributed by atoms with Gasteiger partial charge in [-0.15, -0.1) is 0 Å². The minimum absolute atomic E-state index is 0.0395. The molecule has 1 aliphatic rings. The minimum Gasteiger partial charge on any atom is -0.453 e. The Morgan fingerprint density at radius 2 is 2.24 bits per heavy atom. The first-order valence-electron chi connectivity index (χ1n) is 8.24. The Morgan fingerprint density at radius 3 is 2.88 bits per heavy atom. The van der Waals surface area contributed by atoms with Crippen molar-refractivity contribution in [2.75, 3.05) is 19.3 Å². The molecule has 0 saturated carbocycles. The average molecular weight is 428 g/mol. The quantitative estimate of drug-likeness (QED) is 0.708. The monoisotopic (exact) mass is 427 g/mol. The van der Waals surface area contributed by atoms with Gasteiger partial charge < -0.3 is 4.42 Å². The summed E-state index contributed by atoms with van der Waals surface area (Å²) in [5, 5.41) is 0. The molecule has 25 heavy (non-hydrogen) atoms. The number of piperidine rings is 1. The van der Waals surface area contributed by atoms with Crippen LogP contribution in [0.25, 0.3) is 0 Å². The van der Waals surface area contributed by atoms with Crippen molar-refractivity contribution in [1.29, 1.82) is 0 Å². The number of rotatable bonds is 6. The third-order valence-electron chi connectivity index (χ3n) is 4.38. The molecule has 136 valence electrons. The van der Waals surface area contributed by atoms with E-state index < -0.39 is 10.0 Å². The van der Waals surface area contributed by atoms with Crippen LogP contribution in [-0.4, -0.2) is 48.0 Å². The van der Waals surface area contributed by atoms with E-state index in [9.17, 15) is 8.42 Å². The molecule has 1 fully saturated rings. The maximum Gasteiger partial charge on any atom is 0.211 e. The predicted molar refractivity (Wildman–Crippen MR) is 99.3 cm³/mol. The lowest BCUT2D eigenvalue weighted by molar-refractivity contribution is 0.132. The van der Waals surface area contributed by atoms with E-state index in [-0.39, 0.29) is 6.04 Å². The Labute approximate surface area is 157 Å². The molecule has 1 aliphatic heterocycles. The smallest absolute Gasteiger partial charge is 0.211 e. The molecule has 8 heteroatoms. The summed E-state index contributed by atoms with van der Waals surface area (Å²) in [6.07, 6.45) is 6.53. The van der Waals surface area contributed by atoms with Crippen molar-refractivity contribution >= 4 is 26.0 Å². The standard InChI is InChI=1S/C17H22BrN3O3S/c1-25(22,23)21(11-14-4-2-8-19-10-14)15-5-3-9-20(12-15)13-16-6-7-17(18)24-16/h2,4,6-8,10,15H,3,5,9,11-13H2,1H3. The number of hydrogen-bond donors (Lipinski definition) is 0. The Morgan fingerprint density at radius 1 is 1.40 bits per heavy atom. The highest BCUT2D eigenvalue weighted by molar-refractivity contribution is 9.10. The Kier molecular flexibility index (Phi) is 5.93. The second-order valence-electron chi connectivity index (χ2n) is 6.41. The largest absolute Gasteiger partial charge is 0.453 e. The summed E-state index contributed by atoms with van der Waals surface area (Å²) in [5.74, 6) is 0.880. The first-order chi connectivity index (χ1) is 11.9. The molecule has 6 nitrogen and oxygen atoms in total. The molecule has 0 bridgehead atoms. The number of sulfonamides is 1. The maximum atomic E-state index is 12.4. The summed E-state index contributed by atoms with van der Waals surface area (Å²) in [6, 6.07) is 7.52. The summed E-state index contributed by atoms with van der Waals surface area (Å²) in [6.45, 7) is 2.69. The fourth-order valence-electron chi connectivity index (χ4n) is 3.26. The highest BCUT2D eigenvalue weighted by atomic mass is 79.9. The molecule has 1 unspecified atom stereocenters. The number of likely N-dealkylation sites (tertiary alicyclic amines) is 1. The molecular weight excluding hydrogens is 406 g/mol. The molecule has 0 amide bonds. The first-order valence-corrected chi connectivity index (χ1v) is 10.9. The molecule has 0 spiro atoms. The van der Waals surface area contributed by atoms with E-state index in [4.69, 9.17) is 4.42 Å². The van der Waals surface area contributed by atoms with Crippen molar-refractivity contribution < 1.29 is 12.8 Å². The molecule has 0 N–H and O–H groups in total. The van der Waals surface area contributed by atoms with E-state index >= 15 is 0 Å². The average Bonchev–Trinajstić information content (AvgIpc) is 2.98. The van der Waals surface area contributed by atoms with Crippen LogP contribution in [0.5, 0.6) is 0 Å². The zero-order valence-electron chi connectivity index (χ0n) is 14.1. The first kappa shape index (κ1) is 18.6. The molecule has 0 aromatic carbocycles. The van der Waals surface area contributed by atoms with Crippen LogP contribution in [0.15, 0.2) is 45.7 Å². The zero-order chi connectivity index (χ0) is 17.9. The van der Waals surface area contributed by atoms with E-state index in [1.165, 1.54) is 6.26 Å². The van der Waals surface area contributed by atoms with Crippen molar-refractivity contribution in [3.8, 4) is 0 Å². The Hall–Kier alpha value is -1.22. The summed E-state index contributed by atoms with van der Waals surface area (Å²) in [4.78, 5) is 6.34. The van der Waals surface area contributed by atoms with Crippen molar-refractivity contribution in [2.45, 2.75) is 32.0 Å². The second-order valence-corrected chi connectivity index (χ2v) is 9.12. The lowest BCUT2D eigenvalue weighted by Gasteiger charge is -2.37.